The molecule has 6 heteroatoms. The molecule has 2 amide bonds. The average Bonchev–Trinajstić information content (AvgIpc) is 2.71. The third kappa shape index (κ3) is 2.95. The molecule has 0 unspecified atom stereocenters. The van der Waals surface area contributed by atoms with Crippen molar-refractivity contribution in [2.75, 3.05) is 12.0 Å². The molecule has 118 valence electrons. The molecule has 1 aliphatic heterocycles. The molecule has 4 atom stereocenters. The molecule has 4 nitrogen and oxygen atoms in total. The summed E-state index contributed by atoms with van der Waals surface area (Å²) in [5.74, 6) is -0.437. The summed E-state index contributed by atoms with van der Waals surface area (Å²) in [6, 6.07) is 7.91. The molecule has 0 aromatic heterocycles. The minimum absolute atomic E-state index is 0.0431. The summed E-state index contributed by atoms with van der Waals surface area (Å²) >= 11 is 7.19. The van der Waals surface area contributed by atoms with Gasteiger partial charge in [0.25, 0.3) is 0 Å². The zero-order valence-electron chi connectivity index (χ0n) is 12.3. The SMILES string of the molecule is Cc1ccc(NCN2C(=O)[C@H]3C[C@H](Br)[C@@H](Br)C[C@H]3C2=O)cc1. The van der Waals surface area contributed by atoms with Crippen molar-refractivity contribution in [2.24, 2.45) is 11.8 Å². The van der Waals surface area contributed by atoms with E-state index < -0.39 is 0 Å². The molecule has 2 aliphatic rings. The second-order valence-corrected chi connectivity index (χ2v) is 8.37. The Bertz CT molecular complexity index is 562. The maximum Gasteiger partial charge on any atom is 0.234 e. The van der Waals surface area contributed by atoms with E-state index in [-0.39, 0.29) is 40.0 Å². The van der Waals surface area contributed by atoms with E-state index in [9.17, 15) is 9.59 Å². The van der Waals surface area contributed by atoms with Gasteiger partial charge >= 0.3 is 0 Å². The van der Waals surface area contributed by atoms with Crippen LogP contribution in [-0.4, -0.2) is 33.0 Å². The van der Waals surface area contributed by atoms with Crippen LogP contribution in [0.2, 0.25) is 0 Å². The van der Waals surface area contributed by atoms with E-state index in [4.69, 9.17) is 0 Å². The second kappa shape index (κ2) is 6.32. The quantitative estimate of drug-likeness (QED) is 0.592. The van der Waals surface area contributed by atoms with Crippen LogP contribution < -0.4 is 5.32 Å². The molecule has 1 saturated carbocycles. The summed E-state index contributed by atoms with van der Waals surface area (Å²) in [7, 11) is 0. The van der Waals surface area contributed by atoms with Crippen LogP contribution in [0, 0.1) is 18.8 Å². The van der Waals surface area contributed by atoms with E-state index in [1.54, 1.807) is 0 Å². The fourth-order valence-corrected chi connectivity index (χ4v) is 4.40. The number of anilines is 1. The third-order valence-electron chi connectivity index (χ3n) is 4.50. The molecule has 1 aliphatic carbocycles. The van der Waals surface area contributed by atoms with Gasteiger partial charge < -0.3 is 5.32 Å². The van der Waals surface area contributed by atoms with Crippen molar-refractivity contribution in [3.05, 3.63) is 29.8 Å². The van der Waals surface area contributed by atoms with Crippen molar-refractivity contribution in [2.45, 2.75) is 29.4 Å². The Kier molecular flexibility index (Phi) is 4.59. The van der Waals surface area contributed by atoms with Crippen LogP contribution in [0.3, 0.4) is 0 Å². The Morgan fingerprint density at radius 2 is 1.55 bits per heavy atom. The monoisotopic (exact) mass is 428 g/mol. The van der Waals surface area contributed by atoms with Crippen molar-refractivity contribution in [3.63, 3.8) is 0 Å². The van der Waals surface area contributed by atoms with Crippen molar-refractivity contribution in [3.8, 4) is 0 Å². The highest BCUT2D eigenvalue weighted by atomic mass is 79.9. The number of alkyl halides is 2. The predicted octanol–water partition coefficient (Wildman–Crippen LogP) is 3.29. The first-order valence-corrected chi connectivity index (χ1v) is 9.24. The number of rotatable bonds is 3. The van der Waals surface area contributed by atoms with Crippen molar-refractivity contribution in [1.82, 2.24) is 4.90 Å². The average molecular weight is 430 g/mol. The van der Waals surface area contributed by atoms with Crippen LogP contribution in [0.4, 0.5) is 5.69 Å². The first-order chi connectivity index (χ1) is 10.5. The van der Waals surface area contributed by atoms with Crippen LogP contribution in [0.25, 0.3) is 0 Å². The summed E-state index contributed by atoms with van der Waals surface area (Å²) in [5, 5.41) is 3.17. The van der Waals surface area contributed by atoms with Crippen LogP contribution in [0.5, 0.6) is 0 Å². The van der Waals surface area contributed by atoms with Gasteiger partial charge in [0.1, 0.15) is 0 Å². The topological polar surface area (TPSA) is 49.4 Å². The smallest absolute Gasteiger partial charge is 0.234 e. The molecule has 22 heavy (non-hydrogen) atoms. The molecular weight excluding hydrogens is 412 g/mol. The fourth-order valence-electron chi connectivity index (χ4n) is 3.16. The minimum Gasteiger partial charge on any atom is -0.367 e. The summed E-state index contributed by atoms with van der Waals surface area (Å²) in [5.41, 5.74) is 2.09. The number of nitrogens with one attached hydrogen (secondary N) is 1. The van der Waals surface area contributed by atoms with Crippen LogP contribution in [-0.2, 0) is 9.59 Å². The molecule has 1 aromatic carbocycles. The third-order valence-corrected chi connectivity index (χ3v) is 7.23. The van der Waals surface area contributed by atoms with Crippen molar-refractivity contribution < 1.29 is 9.59 Å². The number of hydrogen-bond acceptors (Lipinski definition) is 3. The number of carbonyl (C=O) groups is 2. The zero-order valence-corrected chi connectivity index (χ0v) is 15.4. The van der Waals surface area contributed by atoms with Crippen LogP contribution in [0.1, 0.15) is 18.4 Å². The predicted molar refractivity (Wildman–Crippen MR) is 93.2 cm³/mol. The fraction of sp³-hybridized carbons (Fsp3) is 0.500. The first-order valence-electron chi connectivity index (χ1n) is 7.41. The number of nitrogens with zero attached hydrogens (tertiary/aromatic N) is 1. The van der Waals surface area contributed by atoms with Gasteiger partial charge in [-0.1, -0.05) is 49.6 Å². The lowest BCUT2D eigenvalue weighted by Gasteiger charge is -2.29. The molecule has 1 N–H and O–H groups in total. The normalized spacial score (nSPS) is 31.3. The number of hydrogen-bond donors (Lipinski definition) is 1. The van der Waals surface area contributed by atoms with Crippen LogP contribution >= 0.6 is 31.9 Å². The largest absolute Gasteiger partial charge is 0.367 e. The number of carbonyl (C=O) groups excluding carboxylic acids is 2. The molecule has 1 saturated heterocycles. The highest BCUT2D eigenvalue weighted by Crippen LogP contribution is 2.43. The van der Waals surface area contributed by atoms with Crippen LogP contribution in [0.15, 0.2) is 24.3 Å². The van der Waals surface area contributed by atoms with Gasteiger partial charge in [-0.05, 0) is 31.9 Å². The summed E-state index contributed by atoms with van der Waals surface area (Å²) in [6.45, 7) is 2.27. The molecule has 1 aromatic rings. The van der Waals surface area contributed by atoms with Gasteiger partial charge in [0.15, 0.2) is 0 Å². The van der Waals surface area contributed by atoms with E-state index >= 15 is 0 Å². The number of likely N-dealkylation sites (tertiary alicyclic amines) is 1. The van der Waals surface area contributed by atoms with Crippen molar-refractivity contribution >= 4 is 49.4 Å². The van der Waals surface area contributed by atoms with E-state index in [2.05, 4.69) is 37.2 Å². The summed E-state index contributed by atoms with van der Waals surface area (Å²) in [6.07, 6.45) is 1.43. The second-order valence-electron chi connectivity index (χ2n) is 6.02. The van der Waals surface area contributed by atoms with Gasteiger partial charge in [0.2, 0.25) is 11.8 Å². The highest BCUT2D eigenvalue weighted by Gasteiger charge is 2.51. The summed E-state index contributed by atoms with van der Waals surface area (Å²) < 4.78 is 0. The first kappa shape index (κ1) is 16.0. The molecule has 0 radical (unpaired) electrons. The molecule has 1 heterocycles. The maximum atomic E-state index is 12.5. The number of imide groups is 1. The van der Waals surface area contributed by atoms with Gasteiger partial charge in [0.05, 0.1) is 18.5 Å². The number of amides is 2. The van der Waals surface area contributed by atoms with Gasteiger partial charge in [-0.25, -0.2) is 0 Å². The number of aryl methyl sites for hydroxylation is 1. The highest BCUT2D eigenvalue weighted by molar-refractivity contribution is 9.12. The number of benzene rings is 1. The Hall–Kier alpha value is -0.880. The van der Waals surface area contributed by atoms with E-state index in [0.717, 1.165) is 5.69 Å². The molecule has 0 bridgehead atoms. The van der Waals surface area contributed by atoms with Gasteiger partial charge in [-0.3, -0.25) is 14.5 Å². The number of fused-ring (bicyclic) bond motifs is 1. The lowest BCUT2D eigenvalue weighted by Crippen LogP contribution is -2.35. The zero-order chi connectivity index (χ0) is 15.9. The Balaban J connectivity index is 1.68. The number of halogens is 2. The van der Waals surface area contributed by atoms with E-state index in [1.165, 1.54) is 10.5 Å². The van der Waals surface area contributed by atoms with Gasteiger partial charge in [-0.15, -0.1) is 0 Å². The summed E-state index contributed by atoms with van der Waals surface area (Å²) in [4.78, 5) is 26.9. The Labute approximate surface area is 146 Å². The molecule has 3 rings (SSSR count). The van der Waals surface area contributed by atoms with E-state index in [1.807, 2.05) is 31.2 Å². The standard InChI is InChI=1S/C16H18Br2N2O2/c1-9-2-4-10(5-3-9)19-8-20-15(21)11-6-13(17)14(18)7-12(11)16(20)22/h2-5,11-14,19H,6-8H2,1H3/t11-,12+,13-,14-/m0/s1. The Morgan fingerprint density at radius 1 is 1.05 bits per heavy atom. The lowest BCUT2D eigenvalue weighted by atomic mass is 9.81. The lowest BCUT2D eigenvalue weighted by molar-refractivity contribution is -0.139. The van der Waals surface area contributed by atoms with Gasteiger partial charge in [-0.2, -0.15) is 0 Å². The maximum absolute atomic E-state index is 12.5. The molecular formula is C16H18Br2N2O2. The van der Waals surface area contributed by atoms with Gasteiger partial charge in [0, 0.05) is 15.3 Å². The minimum atomic E-state index is -0.175. The molecule has 2 fully saturated rings. The van der Waals surface area contributed by atoms with Crippen molar-refractivity contribution in [1.29, 1.82) is 0 Å². The molecule has 0 spiro atoms. The Morgan fingerprint density at radius 3 is 2.05 bits per heavy atom. The van der Waals surface area contributed by atoms with E-state index in [0.29, 0.717) is 12.8 Å².